The van der Waals surface area contributed by atoms with Gasteiger partial charge in [0.15, 0.2) is 11.2 Å². The molecular weight excluding hydrogens is 354 g/mol. The number of aromatic amines is 1. The van der Waals surface area contributed by atoms with Crippen LogP contribution in [-0.2, 0) is 13.6 Å². The first kappa shape index (κ1) is 18.7. The van der Waals surface area contributed by atoms with Gasteiger partial charge in [0.05, 0.1) is 13.2 Å². The number of benzene rings is 1. The van der Waals surface area contributed by atoms with Crippen LogP contribution in [0, 0.1) is 0 Å². The molecule has 2 aromatic heterocycles. The van der Waals surface area contributed by atoms with Gasteiger partial charge >= 0.3 is 5.69 Å². The zero-order valence-corrected chi connectivity index (χ0v) is 14.8. The molecule has 0 aliphatic carbocycles. The molecule has 0 spiro atoms. The van der Waals surface area contributed by atoms with Crippen LogP contribution in [0.2, 0.25) is 0 Å². The smallest absolute Gasteiger partial charge is 0.329 e. The van der Waals surface area contributed by atoms with Crippen molar-refractivity contribution in [2.45, 2.75) is 12.6 Å². The normalized spacial score (nSPS) is 12.3. The second kappa shape index (κ2) is 8.06. The molecule has 2 heterocycles. The third-order valence-electron chi connectivity index (χ3n) is 3.98. The Labute approximate surface area is 153 Å². The van der Waals surface area contributed by atoms with Crippen molar-refractivity contribution in [2.24, 2.45) is 7.05 Å². The number of aromatic nitrogens is 4. The van der Waals surface area contributed by atoms with Gasteiger partial charge < -0.3 is 24.8 Å². The standard InChI is InChI=1S/C17H21N5O5/c1-21-14-13(15(25)20-17(21)26)22(16(19-14)18-7-8-23)9-11(24)10-27-12-5-3-2-4-6-12/h2-6,11,23-24H,7-10H2,1H3,(H,18,19)(H,20,25,26). The van der Waals surface area contributed by atoms with E-state index in [4.69, 9.17) is 9.84 Å². The second-order valence-corrected chi connectivity index (χ2v) is 5.96. The Kier molecular flexibility index (Phi) is 5.57. The SMILES string of the molecule is Cn1c(=O)[nH]c(=O)c2c1nc(NCCO)n2CC(O)COc1ccccc1. The number of hydrogen-bond acceptors (Lipinski definition) is 7. The van der Waals surface area contributed by atoms with Gasteiger partial charge in [-0.05, 0) is 12.1 Å². The van der Waals surface area contributed by atoms with Crippen LogP contribution in [-0.4, -0.2) is 55.2 Å². The first-order chi connectivity index (χ1) is 13.0. The summed E-state index contributed by atoms with van der Waals surface area (Å²) in [5, 5.41) is 22.3. The summed E-state index contributed by atoms with van der Waals surface area (Å²) in [6, 6.07) is 9.04. The molecule has 144 valence electrons. The van der Waals surface area contributed by atoms with Crippen LogP contribution in [0.4, 0.5) is 5.95 Å². The number of nitrogens with one attached hydrogen (secondary N) is 2. The zero-order valence-electron chi connectivity index (χ0n) is 14.8. The fourth-order valence-electron chi connectivity index (χ4n) is 2.69. The highest BCUT2D eigenvalue weighted by molar-refractivity contribution is 5.74. The van der Waals surface area contributed by atoms with Crippen LogP contribution in [0.25, 0.3) is 11.2 Å². The molecule has 0 amide bonds. The summed E-state index contributed by atoms with van der Waals surface area (Å²) in [7, 11) is 1.49. The quantitative estimate of drug-likeness (QED) is 0.408. The van der Waals surface area contributed by atoms with Crippen molar-refractivity contribution in [1.29, 1.82) is 0 Å². The average molecular weight is 375 g/mol. The Morgan fingerprint density at radius 2 is 2.04 bits per heavy atom. The highest BCUT2D eigenvalue weighted by atomic mass is 16.5. The van der Waals surface area contributed by atoms with E-state index in [9.17, 15) is 14.7 Å². The summed E-state index contributed by atoms with van der Waals surface area (Å²) in [4.78, 5) is 30.6. The number of anilines is 1. The first-order valence-electron chi connectivity index (χ1n) is 8.41. The lowest BCUT2D eigenvalue weighted by molar-refractivity contribution is 0.0938. The predicted octanol–water partition coefficient (Wildman–Crippen LogP) is -0.733. The number of aliphatic hydroxyl groups excluding tert-OH is 2. The average Bonchev–Trinajstić information content (AvgIpc) is 3.02. The number of hydrogen-bond donors (Lipinski definition) is 4. The predicted molar refractivity (Wildman–Crippen MR) is 99.1 cm³/mol. The maximum Gasteiger partial charge on any atom is 0.329 e. The molecule has 0 radical (unpaired) electrons. The molecule has 0 aliphatic heterocycles. The lowest BCUT2D eigenvalue weighted by Gasteiger charge is -2.15. The molecular formula is C17H21N5O5. The van der Waals surface area contributed by atoms with Crippen LogP contribution in [0.5, 0.6) is 5.75 Å². The maximum atomic E-state index is 12.3. The number of ether oxygens (including phenoxy) is 1. The molecule has 1 atom stereocenters. The van der Waals surface area contributed by atoms with E-state index in [1.165, 1.54) is 16.2 Å². The van der Waals surface area contributed by atoms with Crippen molar-refractivity contribution in [1.82, 2.24) is 19.1 Å². The van der Waals surface area contributed by atoms with Crippen molar-refractivity contribution in [3.8, 4) is 5.75 Å². The third-order valence-corrected chi connectivity index (χ3v) is 3.98. The number of aryl methyl sites for hydroxylation is 1. The van der Waals surface area contributed by atoms with Gasteiger partial charge in [-0.1, -0.05) is 18.2 Å². The van der Waals surface area contributed by atoms with E-state index in [-0.39, 0.29) is 43.4 Å². The van der Waals surface area contributed by atoms with Crippen LogP contribution >= 0.6 is 0 Å². The number of para-hydroxylation sites is 1. The Hall–Kier alpha value is -3.11. The molecule has 3 rings (SSSR count). The minimum absolute atomic E-state index is 0.00674. The number of rotatable bonds is 8. The number of H-pyrrole nitrogens is 1. The van der Waals surface area contributed by atoms with Crippen molar-refractivity contribution in [3.05, 3.63) is 51.2 Å². The molecule has 4 N–H and O–H groups in total. The molecule has 0 bridgehead atoms. The molecule has 10 heteroatoms. The Morgan fingerprint density at radius 1 is 1.30 bits per heavy atom. The highest BCUT2D eigenvalue weighted by Crippen LogP contribution is 2.16. The monoisotopic (exact) mass is 375 g/mol. The molecule has 0 aliphatic rings. The molecule has 0 fully saturated rings. The molecule has 27 heavy (non-hydrogen) atoms. The third kappa shape index (κ3) is 4.01. The van der Waals surface area contributed by atoms with E-state index in [0.717, 1.165) is 0 Å². The van der Waals surface area contributed by atoms with Gasteiger partial charge in [0.2, 0.25) is 5.95 Å². The Morgan fingerprint density at radius 3 is 2.74 bits per heavy atom. The lowest BCUT2D eigenvalue weighted by atomic mass is 10.3. The molecule has 3 aromatic rings. The van der Waals surface area contributed by atoms with Crippen LogP contribution < -0.4 is 21.3 Å². The minimum Gasteiger partial charge on any atom is -0.491 e. The maximum absolute atomic E-state index is 12.3. The van der Waals surface area contributed by atoms with E-state index in [1.807, 2.05) is 18.2 Å². The van der Waals surface area contributed by atoms with Gasteiger partial charge in [-0.3, -0.25) is 14.3 Å². The summed E-state index contributed by atoms with van der Waals surface area (Å²) in [6.07, 6.45) is -0.936. The summed E-state index contributed by atoms with van der Waals surface area (Å²) in [5.41, 5.74) is -0.857. The van der Waals surface area contributed by atoms with Gasteiger partial charge in [-0.15, -0.1) is 0 Å². The van der Waals surface area contributed by atoms with Crippen LogP contribution in [0.1, 0.15) is 0 Å². The first-order valence-corrected chi connectivity index (χ1v) is 8.41. The van der Waals surface area contributed by atoms with Gasteiger partial charge in [0, 0.05) is 13.6 Å². The summed E-state index contributed by atoms with van der Waals surface area (Å²) >= 11 is 0. The fraction of sp³-hybridized carbons (Fsp3) is 0.353. The summed E-state index contributed by atoms with van der Waals surface area (Å²) < 4.78 is 8.22. The minimum atomic E-state index is -0.936. The molecule has 10 nitrogen and oxygen atoms in total. The fourth-order valence-corrected chi connectivity index (χ4v) is 2.69. The Bertz CT molecular complexity index is 1020. The zero-order chi connectivity index (χ0) is 19.4. The van der Waals surface area contributed by atoms with Crippen molar-refractivity contribution in [2.75, 3.05) is 25.1 Å². The number of aliphatic hydroxyl groups is 2. The summed E-state index contributed by atoms with van der Waals surface area (Å²) in [6.45, 7) is 0.0785. The second-order valence-electron chi connectivity index (χ2n) is 5.96. The largest absolute Gasteiger partial charge is 0.491 e. The van der Waals surface area contributed by atoms with E-state index < -0.39 is 17.4 Å². The lowest BCUT2D eigenvalue weighted by Crippen LogP contribution is -2.31. The summed E-state index contributed by atoms with van der Waals surface area (Å²) in [5.74, 6) is 0.885. The van der Waals surface area contributed by atoms with Gasteiger partial charge in [-0.2, -0.15) is 4.98 Å². The van der Waals surface area contributed by atoms with Crippen molar-refractivity contribution >= 4 is 17.1 Å². The van der Waals surface area contributed by atoms with E-state index in [0.29, 0.717) is 5.75 Å². The van der Waals surface area contributed by atoms with Gasteiger partial charge in [-0.25, -0.2) is 4.79 Å². The topological polar surface area (TPSA) is 134 Å². The van der Waals surface area contributed by atoms with E-state index in [1.54, 1.807) is 12.1 Å². The van der Waals surface area contributed by atoms with Gasteiger partial charge in [0.1, 0.15) is 18.5 Å². The number of fused-ring (bicyclic) bond motifs is 1. The number of nitrogens with zero attached hydrogens (tertiary/aromatic N) is 3. The van der Waals surface area contributed by atoms with Crippen LogP contribution in [0.15, 0.2) is 39.9 Å². The number of imidazole rings is 1. The molecule has 1 unspecified atom stereocenters. The highest BCUT2D eigenvalue weighted by Gasteiger charge is 2.19. The molecule has 0 saturated carbocycles. The molecule has 0 saturated heterocycles. The Balaban J connectivity index is 1.90. The van der Waals surface area contributed by atoms with Crippen molar-refractivity contribution < 1.29 is 14.9 Å². The van der Waals surface area contributed by atoms with Crippen LogP contribution in [0.3, 0.4) is 0 Å². The van der Waals surface area contributed by atoms with E-state index in [2.05, 4.69) is 15.3 Å². The molecule has 1 aromatic carbocycles. The van der Waals surface area contributed by atoms with Crippen molar-refractivity contribution in [3.63, 3.8) is 0 Å². The van der Waals surface area contributed by atoms with E-state index >= 15 is 0 Å². The van der Waals surface area contributed by atoms with Gasteiger partial charge in [0.25, 0.3) is 5.56 Å².